The summed E-state index contributed by atoms with van der Waals surface area (Å²) in [6, 6.07) is 6.24. The van der Waals surface area contributed by atoms with Crippen molar-refractivity contribution in [3.63, 3.8) is 0 Å². The Morgan fingerprint density at radius 3 is 2.95 bits per heavy atom. The smallest absolute Gasteiger partial charge is 0.191 e. The van der Waals surface area contributed by atoms with Crippen molar-refractivity contribution in [2.24, 2.45) is 4.99 Å². The molecular formula is C16H22N4S. The highest BCUT2D eigenvalue weighted by molar-refractivity contribution is 7.09. The molecule has 112 valence electrons. The van der Waals surface area contributed by atoms with Crippen LogP contribution in [0.25, 0.3) is 0 Å². The van der Waals surface area contributed by atoms with Gasteiger partial charge in [-0.3, -0.25) is 4.98 Å². The van der Waals surface area contributed by atoms with Crippen LogP contribution in [0.2, 0.25) is 0 Å². The average Bonchev–Trinajstić information content (AvgIpc) is 3.00. The summed E-state index contributed by atoms with van der Waals surface area (Å²) in [5, 5.41) is 8.74. The molecule has 0 aliphatic carbocycles. The van der Waals surface area contributed by atoms with E-state index in [0.717, 1.165) is 32.0 Å². The van der Waals surface area contributed by atoms with Gasteiger partial charge in [0.25, 0.3) is 0 Å². The first-order valence-corrected chi connectivity index (χ1v) is 8.11. The van der Waals surface area contributed by atoms with E-state index in [-0.39, 0.29) is 0 Å². The number of guanidine groups is 1. The van der Waals surface area contributed by atoms with Crippen molar-refractivity contribution >= 4 is 17.3 Å². The second-order valence-electron chi connectivity index (χ2n) is 4.75. The molecular weight excluding hydrogens is 280 g/mol. The SMILES string of the molecule is CCNC(=NCc1cccs1)NCCc1ccncc1C. The van der Waals surface area contributed by atoms with Gasteiger partial charge in [-0.2, -0.15) is 0 Å². The molecule has 2 heterocycles. The van der Waals surface area contributed by atoms with Crippen LogP contribution in [0.15, 0.2) is 41.0 Å². The number of thiophene rings is 1. The van der Waals surface area contributed by atoms with Crippen LogP contribution in [0.1, 0.15) is 22.9 Å². The van der Waals surface area contributed by atoms with Gasteiger partial charge in [0.15, 0.2) is 5.96 Å². The molecule has 2 rings (SSSR count). The maximum Gasteiger partial charge on any atom is 0.191 e. The lowest BCUT2D eigenvalue weighted by Gasteiger charge is -2.11. The lowest BCUT2D eigenvalue weighted by atomic mass is 10.1. The zero-order valence-corrected chi connectivity index (χ0v) is 13.4. The predicted octanol–water partition coefficient (Wildman–Crippen LogP) is 2.75. The summed E-state index contributed by atoms with van der Waals surface area (Å²) in [4.78, 5) is 10.00. The van der Waals surface area contributed by atoms with Crippen molar-refractivity contribution in [3.8, 4) is 0 Å². The van der Waals surface area contributed by atoms with E-state index in [1.54, 1.807) is 11.3 Å². The van der Waals surface area contributed by atoms with Gasteiger partial charge in [-0.15, -0.1) is 11.3 Å². The molecule has 2 aromatic rings. The number of rotatable bonds is 6. The van der Waals surface area contributed by atoms with Crippen LogP contribution in [0.3, 0.4) is 0 Å². The zero-order valence-electron chi connectivity index (χ0n) is 12.6. The number of aliphatic imine (C=N–C) groups is 1. The standard InChI is InChI=1S/C16H22N4S/c1-3-18-16(20-12-15-5-4-10-21-15)19-9-7-14-6-8-17-11-13(14)2/h4-6,8,10-11H,3,7,9,12H2,1-2H3,(H2,18,19,20). The molecule has 0 fully saturated rings. The summed E-state index contributed by atoms with van der Waals surface area (Å²) in [6.07, 6.45) is 4.72. The molecule has 5 heteroatoms. The van der Waals surface area contributed by atoms with Crippen molar-refractivity contribution in [2.75, 3.05) is 13.1 Å². The van der Waals surface area contributed by atoms with Crippen LogP contribution in [0, 0.1) is 6.92 Å². The first kappa shape index (κ1) is 15.5. The molecule has 0 atom stereocenters. The number of aryl methyl sites for hydroxylation is 1. The quantitative estimate of drug-likeness (QED) is 0.637. The van der Waals surface area contributed by atoms with E-state index in [0.29, 0.717) is 0 Å². The average molecular weight is 302 g/mol. The maximum absolute atomic E-state index is 4.60. The van der Waals surface area contributed by atoms with Gasteiger partial charge in [0.2, 0.25) is 0 Å². The monoisotopic (exact) mass is 302 g/mol. The first-order valence-electron chi connectivity index (χ1n) is 7.23. The Morgan fingerprint density at radius 2 is 2.24 bits per heavy atom. The van der Waals surface area contributed by atoms with Gasteiger partial charge in [0, 0.05) is 30.4 Å². The number of hydrogen-bond donors (Lipinski definition) is 2. The fourth-order valence-electron chi connectivity index (χ4n) is 2.00. The second kappa shape index (κ2) is 8.42. The van der Waals surface area contributed by atoms with E-state index in [1.807, 2.05) is 12.4 Å². The third-order valence-electron chi connectivity index (χ3n) is 3.14. The van der Waals surface area contributed by atoms with Gasteiger partial charge in [0.05, 0.1) is 6.54 Å². The van der Waals surface area contributed by atoms with Crippen LogP contribution >= 0.6 is 11.3 Å². The number of nitrogens with one attached hydrogen (secondary N) is 2. The van der Waals surface area contributed by atoms with Gasteiger partial charge >= 0.3 is 0 Å². The molecule has 0 spiro atoms. The Kier molecular flexibility index (Phi) is 6.22. The molecule has 0 saturated carbocycles. The summed E-state index contributed by atoms with van der Waals surface area (Å²) < 4.78 is 0. The summed E-state index contributed by atoms with van der Waals surface area (Å²) in [6.45, 7) is 6.63. The highest BCUT2D eigenvalue weighted by Gasteiger charge is 2.00. The van der Waals surface area contributed by atoms with E-state index in [1.165, 1.54) is 16.0 Å². The van der Waals surface area contributed by atoms with E-state index in [4.69, 9.17) is 0 Å². The van der Waals surface area contributed by atoms with Crippen molar-refractivity contribution in [3.05, 3.63) is 52.0 Å². The van der Waals surface area contributed by atoms with Crippen LogP contribution in [-0.2, 0) is 13.0 Å². The Balaban J connectivity index is 1.85. The van der Waals surface area contributed by atoms with Gasteiger partial charge in [-0.05, 0) is 48.9 Å². The minimum absolute atomic E-state index is 0.723. The fraction of sp³-hybridized carbons (Fsp3) is 0.375. The van der Waals surface area contributed by atoms with E-state index in [9.17, 15) is 0 Å². The highest BCUT2D eigenvalue weighted by atomic mass is 32.1. The largest absolute Gasteiger partial charge is 0.357 e. The molecule has 0 aliphatic heterocycles. The van der Waals surface area contributed by atoms with Crippen molar-refractivity contribution in [1.82, 2.24) is 15.6 Å². The van der Waals surface area contributed by atoms with Crippen molar-refractivity contribution in [1.29, 1.82) is 0 Å². The summed E-state index contributed by atoms with van der Waals surface area (Å²) in [7, 11) is 0. The molecule has 0 bridgehead atoms. The van der Waals surface area contributed by atoms with Crippen molar-refractivity contribution in [2.45, 2.75) is 26.8 Å². The predicted molar refractivity (Wildman–Crippen MR) is 89.8 cm³/mol. The lowest BCUT2D eigenvalue weighted by molar-refractivity contribution is 0.797. The van der Waals surface area contributed by atoms with Crippen molar-refractivity contribution < 1.29 is 0 Å². The molecule has 0 aromatic carbocycles. The number of hydrogen-bond acceptors (Lipinski definition) is 3. The normalized spacial score (nSPS) is 11.4. The molecule has 0 aliphatic rings. The molecule has 0 saturated heterocycles. The fourth-order valence-corrected chi connectivity index (χ4v) is 2.63. The first-order chi connectivity index (χ1) is 10.3. The topological polar surface area (TPSA) is 49.3 Å². The van der Waals surface area contributed by atoms with Gasteiger partial charge < -0.3 is 10.6 Å². The third kappa shape index (κ3) is 5.19. The molecule has 21 heavy (non-hydrogen) atoms. The lowest BCUT2D eigenvalue weighted by Crippen LogP contribution is -2.38. The Hall–Kier alpha value is -1.88. The summed E-state index contributed by atoms with van der Waals surface area (Å²) in [5.74, 6) is 0.873. The Bertz CT molecular complexity index is 563. The van der Waals surface area contributed by atoms with Gasteiger partial charge in [-0.25, -0.2) is 4.99 Å². The Labute approximate surface area is 130 Å². The highest BCUT2D eigenvalue weighted by Crippen LogP contribution is 2.09. The van der Waals surface area contributed by atoms with Crippen LogP contribution < -0.4 is 10.6 Å². The molecule has 0 amide bonds. The Morgan fingerprint density at radius 1 is 1.33 bits per heavy atom. The van der Waals surface area contributed by atoms with E-state index >= 15 is 0 Å². The third-order valence-corrected chi connectivity index (χ3v) is 4.00. The van der Waals surface area contributed by atoms with Gasteiger partial charge in [0.1, 0.15) is 0 Å². The van der Waals surface area contributed by atoms with E-state index < -0.39 is 0 Å². The maximum atomic E-state index is 4.60. The number of pyridine rings is 1. The zero-order chi connectivity index (χ0) is 14.9. The van der Waals surface area contributed by atoms with Crippen LogP contribution in [0.5, 0.6) is 0 Å². The molecule has 0 radical (unpaired) electrons. The molecule has 2 N–H and O–H groups in total. The molecule has 4 nitrogen and oxygen atoms in total. The minimum Gasteiger partial charge on any atom is -0.357 e. The minimum atomic E-state index is 0.723. The number of aromatic nitrogens is 1. The van der Waals surface area contributed by atoms with Crippen LogP contribution in [-0.4, -0.2) is 24.0 Å². The summed E-state index contributed by atoms with van der Waals surface area (Å²) >= 11 is 1.74. The van der Waals surface area contributed by atoms with Gasteiger partial charge in [-0.1, -0.05) is 6.07 Å². The van der Waals surface area contributed by atoms with Crippen LogP contribution in [0.4, 0.5) is 0 Å². The molecule has 2 aromatic heterocycles. The van der Waals surface area contributed by atoms with E-state index in [2.05, 4.69) is 58.0 Å². The second-order valence-corrected chi connectivity index (χ2v) is 5.79. The summed E-state index contributed by atoms with van der Waals surface area (Å²) in [5.41, 5.74) is 2.56. The number of nitrogens with zero attached hydrogens (tertiary/aromatic N) is 2. The molecule has 0 unspecified atom stereocenters.